The minimum atomic E-state index is -0.978. The van der Waals surface area contributed by atoms with Crippen molar-refractivity contribution < 1.29 is 23.8 Å². The Hall–Kier alpha value is -5.37. The number of rotatable bonds is 10. The van der Waals surface area contributed by atoms with Gasteiger partial charge >= 0.3 is 5.97 Å². The van der Waals surface area contributed by atoms with Gasteiger partial charge in [-0.05, 0) is 67.9 Å². The maximum atomic E-state index is 14.2. The standard InChI is InChI=1S/C34H33FN6O4/c1-22(2)41-21-37-18-26(41)19-40-31-16-25(33(42)43)7-8-30(31)38-34(40)39-12-10-27(11-13-39)45-28-5-3-4-24(14-28)20-44-32-9-6-23(17-36)15-29(32)35/h3-9,14-16,18,21-22,27H,10-13,19-20H2,1-2H3,(H,42,43). The molecule has 1 N–H and O–H groups in total. The van der Waals surface area contributed by atoms with Crippen molar-refractivity contribution in [1.82, 2.24) is 19.1 Å². The first-order valence-electron chi connectivity index (χ1n) is 14.9. The van der Waals surface area contributed by atoms with Crippen molar-refractivity contribution in [3.8, 4) is 17.6 Å². The topological polar surface area (TPSA) is 118 Å². The van der Waals surface area contributed by atoms with Crippen LogP contribution >= 0.6 is 0 Å². The number of piperidine rings is 1. The molecule has 10 nitrogen and oxygen atoms in total. The van der Waals surface area contributed by atoms with Gasteiger partial charge < -0.3 is 28.6 Å². The fourth-order valence-corrected chi connectivity index (χ4v) is 5.65. The molecule has 11 heteroatoms. The van der Waals surface area contributed by atoms with E-state index < -0.39 is 11.8 Å². The quantitative estimate of drug-likeness (QED) is 0.199. The molecule has 1 aliphatic rings. The molecule has 0 amide bonds. The monoisotopic (exact) mass is 608 g/mol. The van der Waals surface area contributed by atoms with Gasteiger partial charge in [0.1, 0.15) is 18.5 Å². The van der Waals surface area contributed by atoms with Crippen LogP contribution < -0.4 is 14.4 Å². The molecule has 0 radical (unpaired) electrons. The summed E-state index contributed by atoms with van der Waals surface area (Å²) in [6.45, 7) is 6.29. The van der Waals surface area contributed by atoms with Gasteiger partial charge in [-0.1, -0.05) is 12.1 Å². The first-order valence-corrected chi connectivity index (χ1v) is 14.9. The van der Waals surface area contributed by atoms with Gasteiger partial charge in [-0.15, -0.1) is 0 Å². The summed E-state index contributed by atoms with van der Waals surface area (Å²) in [5, 5.41) is 18.6. The number of nitriles is 1. The minimum absolute atomic E-state index is 0.00722. The molecule has 0 aliphatic carbocycles. The predicted molar refractivity (Wildman–Crippen MR) is 166 cm³/mol. The number of halogens is 1. The van der Waals surface area contributed by atoms with Crippen molar-refractivity contribution >= 4 is 23.0 Å². The summed E-state index contributed by atoms with van der Waals surface area (Å²) < 4.78 is 30.4. The molecule has 5 aromatic rings. The number of benzene rings is 3. The Balaban J connectivity index is 1.15. The largest absolute Gasteiger partial charge is 0.490 e. The van der Waals surface area contributed by atoms with Crippen molar-refractivity contribution in [3.05, 3.63) is 101 Å². The Morgan fingerprint density at radius 3 is 2.69 bits per heavy atom. The summed E-state index contributed by atoms with van der Waals surface area (Å²) in [7, 11) is 0. The maximum absolute atomic E-state index is 14.2. The lowest BCUT2D eigenvalue weighted by atomic mass is 10.1. The number of aromatic carboxylic acids is 1. The van der Waals surface area contributed by atoms with Crippen molar-refractivity contribution in [2.75, 3.05) is 18.0 Å². The van der Waals surface area contributed by atoms with Crippen molar-refractivity contribution in [3.63, 3.8) is 0 Å². The van der Waals surface area contributed by atoms with Gasteiger partial charge in [0, 0.05) is 38.2 Å². The average Bonchev–Trinajstić information content (AvgIpc) is 3.66. The van der Waals surface area contributed by atoms with Crippen LogP contribution in [-0.2, 0) is 13.2 Å². The minimum Gasteiger partial charge on any atom is -0.490 e. The molecule has 6 rings (SSSR count). The maximum Gasteiger partial charge on any atom is 0.335 e. The number of hydrogen-bond donors (Lipinski definition) is 1. The highest BCUT2D eigenvalue weighted by Gasteiger charge is 2.26. The molecule has 1 saturated heterocycles. The summed E-state index contributed by atoms with van der Waals surface area (Å²) in [4.78, 5) is 23.3. The fraction of sp³-hybridized carbons (Fsp3) is 0.294. The second-order valence-electron chi connectivity index (χ2n) is 11.4. The molecular weight excluding hydrogens is 575 g/mol. The number of nitrogens with zero attached hydrogens (tertiary/aromatic N) is 6. The summed E-state index contributed by atoms with van der Waals surface area (Å²) in [6, 6.07) is 18.9. The van der Waals surface area contributed by atoms with E-state index in [1.165, 1.54) is 12.1 Å². The Bertz CT molecular complexity index is 1880. The van der Waals surface area contributed by atoms with Crippen molar-refractivity contribution in [2.24, 2.45) is 0 Å². The van der Waals surface area contributed by atoms with Crippen LogP contribution in [0.25, 0.3) is 11.0 Å². The fourth-order valence-electron chi connectivity index (χ4n) is 5.65. The van der Waals surface area contributed by atoms with Crippen LogP contribution in [0, 0.1) is 17.1 Å². The molecule has 0 spiro atoms. The molecule has 45 heavy (non-hydrogen) atoms. The van der Waals surface area contributed by atoms with E-state index in [-0.39, 0.29) is 35.6 Å². The van der Waals surface area contributed by atoms with Crippen LogP contribution in [0.2, 0.25) is 0 Å². The van der Waals surface area contributed by atoms with Crippen LogP contribution in [-0.4, -0.2) is 49.4 Å². The Labute approximate surface area is 259 Å². The number of imidazole rings is 2. The zero-order valence-corrected chi connectivity index (χ0v) is 25.1. The first kappa shape index (κ1) is 29.7. The van der Waals surface area contributed by atoms with E-state index in [1.54, 1.807) is 18.2 Å². The average molecular weight is 609 g/mol. The number of fused-ring (bicyclic) bond motifs is 1. The van der Waals surface area contributed by atoms with E-state index >= 15 is 0 Å². The molecule has 0 unspecified atom stereocenters. The van der Waals surface area contributed by atoms with E-state index in [4.69, 9.17) is 19.7 Å². The zero-order chi connectivity index (χ0) is 31.5. The van der Waals surface area contributed by atoms with Crippen LogP contribution in [0.3, 0.4) is 0 Å². The van der Waals surface area contributed by atoms with E-state index in [0.717, 1.165) is 47.1 Å². The number of hydrogen-bond acceptors (Lipinski definition) is 7. The molecule has 3 aromatic carbocycles. The van der Waals surface area contributed by atoms with Gasteiger partial charge in [-0.25, -0.2) is 19.2 Å². The number of aromatic nitrogens is 4. The van der Waals surface area contributed by atoms with Crippen LogP contribution in [0.4, 0.5) is 10.3 Å². The Morgan fingerprint density at radius 1 is 1.13 bits per heavy atom. The molecule has 0 bridgehead atoms. The number of carboxylic acids is 1. The third-order valence-corrected chi connectivity index (χ3v) is 7.98. The molecule has 0 atom stereocenters. The molecular formula is C34H33FN6O4. The molecule has 3 heterocycles. The van der Waals surface area contributed by atoms with Gasteiger partial charge in [-0.2, -0.15) is 5.26 Å². The lowest BCUT2D eigenvalue weighted by molar-refractivity contribution is 0.0697. The zero-order valence-electron chi connectivity index (χ0n) is 25.1. The second-order valence-corrected chi connectivity index (χ2v) is 11.4. The van der Waals surface area contributed by atoms with E-state index in [0.29, 0.717) is 25.4 Å². The Morgan fingerprint density at radius 2 is 1.96 bits per heavy atom. The predicted octanol–water partition coefficient (Wildman–Crippen LogP) is 6.20. The van der Waals surface area contributed by atoms with Gasteiger partial charge in [0.15, 0.2) is 11.6 Å². The lowest BCUT2D eigenvalue weighted by Crippen LogP contribution is -2.39. The van der Waals surface area contributed by atoms with Crippen LogP contribution in [0.15, 0.2) is 73.2 Å². The molecule has 1 aliphatic heterocycles. The van der Waals surface area contributed by atoms with Crippen LogP contribution in [0.5, 0.6) is 11.5 Å². The van der Waals surface area contributed by atoms with E-state index in [2.05, 4.69) is 32.9 Å². The van der Waals surface area contributed by atoms with Gasteiger partial charge in [0.2, 0.25) is 5.95 Å². The number of carbonyl (C=O) groups is 1. The molecule has 0 saturated carbocycles. The number of ether oxygens (including phenoxy) is 2. The Kier molecular flexibility index (Phi) is 8.38. The molecule has 230 valence electrons. The SMILES string of the molecule is CC(C)n1cncc1Cn1c(N2CCC(Oc3cccc(COc4ccc(C#N)cc4F)c3)CC2)nc2ccc(C(=O)O)cc21. The molecule has 2 aromatic heterocycles. The number of carboxylic acid groups (broad SMARTS) is 1. The van der Waals surface area contributed by atoms with E-state index in [1.807, 2.05) is 42.9 Å². The highest BCUT2D eigenvalue weighted by atomic mass is 19.1. The van der Waals surface area contributed by atoms with Crippen LogP contribution in [0.1, 0.15) is 59.9 Å². The summed E-state index contributed by atoms with van der Waals surface area (Å²) in [5.41, 5.74) is 3.81. The smallest absolute Gasteiger partial charge is 0.335 e. The van der Waals surface area contributed by atoms with Gasteiger partial charge in [-0.3, -0.25) is 0 Å². The van der Waals surface area contributed by atoms with Gasteiger partial charge in [0.05, 0.1) is 46.8 Å². The number of anilines is 1. The summed E-state index contributed by atoms with van der Waals surface area (Å²) in [6.07, 6.45) is 5.19. The van der Waals surface area contributed by atoms with Crippen molar-refractivity contribution in [2.45, 2.75) is 52.0 Å². The highest BCUT2D eigenvalue weighted by Crippen LogP contribution is 2.29. The van der Waals surface area contributed by atoms with Gasteiger partial charge in [0.25, 0.3) is 0 Å². The third-order valence-electron chi connectivity index (χ3n) is 7.98. The first-order chi connectivity index (χ1) is 21.8. The summed E-state index contributed by atoms with van der Waals surface area (Å²) in [5.74, 6) is 0.0385. The van der Waals surface area contributed by atoms with E-state index in [9.17, 15) is 14.3 Å². The second kappa shape index (κ2) is 12.7. The normalized spacial score (nSPS) is 13.7. The lowest BCUT2D eigenvalue weighted by Gasteiger charge is -2.33. The third kappa shape index (κ3) is 6.45. The van der Waals surface area contributed by atoms with Crippen molar-refractivity contribution in [1.29, 1.82) is 5.26 Å². The highest BCUT2D eigenvalue weighted by molar-refractivity contribution is 5.93. The summed E-state index contributed by atoms with van der Waals surface area (Å²) >= 11 is 0. The molecule has 1 fully saturated rings.